The molecular formula is C13H8ClNO5. The molecule has 7 heteroatoms. The van der Waals surface area contributed by atoms with Gasteiger partial charge in [0.05, 0.1) is 5.52 Å². The standard InChI is InChI=1S/C13H8ClNO5/c14-7-1-2-8-9(5-7)15(12-3-4-19-20-12)13(18)11(17)6-10(8)16/h1-3,5-6,17H,4H2. The van der Waals surface area contributed by atoms with Crippen molar-refractivity contribution in [3.8, 4) is 5.75 Å². The van der Waals surface area contributed by atoms with Crippen LogP contribution in [0.4, 0.5) is 0 Å². The Morgan fingerprint density at radius 3 is 2.75 bits per heavy atom. The van der Waals surface area contributed by atoms with Crippen LogP contribution in [-0.2, 0) is 9.78 Å². The molecule has 1 aromatic carbocycles. The summed E-state index contributed by atoms with van der Waals surface area (Å²) in [7, 11) is 0. The minimum absolute atomic E-state index is 0.0770. The summed E-state index contributed by atoms with van der Waals surface area (Å²) in [4.78, 5) is 33.7. The van der Waals surface area contributed by atoms with Gasteiger partial charge in [-0.3, -0.25) is 9.59 Å². The molecule has 0 amide bonds. The summed E-state index contributed by atoms with van der Waals surface area (Å²) >= 11 is 5.91. The highest BCUT2D eigenvalue weighted by molar-refractivity contribution is 6.31. The van der Waals surface area contributed by atoms with Crippen molar-refractivity contribution >= 4 is 28.4 Å². The first-order valence-electron chi connectivity index (χ1n) is 5.66. The third-order valence-corrected chi connectivity index (χ3v) is 3.08. The van der Waals surface area contributed by atoms with Crippen molar-refractivity contribution < 1.29 is 14.9 Å². The predicted molar refractivity (Wildman–Crippen MR) is 72.5 cm³/mol. The van der Waals surface area contributed by atoms with Crippen LogP contribution in [0.3, 0.4) is 0 Å². The lowest BCUT2D eigenvalue weighted by Gasteiger charge is -2.06. The number of halogens is 1. The highest BCUT2D eigenvalue weighted by Gasteiger charge is 2.17. The lowest BCUT2D eigenvalue weighted by atomic mass is 10.2. The first-order valence-corrected chi connectivity index (χ1v) is 6.04. The second-order valence-electron chi connectivity index (χ2n) is 4.11. The molecule has 102 valence electrons. The maximum absolute atomic E-state index is 12.2. The van der Waals surface area contributed by atoms with Gasteiger partial charge in [0.1, 0.15) is 6.61 Å². The van der Waals surface area contributed by atoms with Crippen molar-refractivity contribution in [2.45, 2.75) is 0 Å². The van der Waals surface area contributed by atoms with E-state index in [0.29, 0.717) is 5.02 Å². The number of fused-ring (bicyclic) bond motifs is 1. The van der Waals surface area contributed by atoms with Crippen LogP contribution in [0.25, 0.3) is 16.8 Å². The summed E-state index contributed by atoms with van der Waals surface area (Å²) < 4.78 is 1.05. The molecule has 1 aliphatic heterocycles. The number of aromatic hydroxyl groups is 1. The Labute approximate surface area is 117 Å². The van der Waals surface area contributed by atoms with Gasteiger partial charge in [-0.05, 0) is 18.2 Å². The molecule has 1 N–H and O–H groups in total. The average molecular weight is 294 g/mol. The molecule has 3 rings (SSSR count). The maximum Gasteiger partial charge on any atom is 0.300 e. The SMILES string of the molecule is O=c1cc(O)c(=O)n(C2=CCOO2)c2cc(Cl)ccc12. The van der Waals surface area contributed by atoms with Crippen LogP contribution >= 0.6 is 11.6 Å². The summed E-state index contributed by atoms with van der Waals surface area (Å²) in [5.74, 6) is -0.605. The summed E-state index contributed by atoms with van der Waals surface area (Å²) in [5, 5.41) is 10.3. The summed E-state index contributed by atoms with van der Waals surface area (Å²) in [5.41, 5.74) is -1.06. The molecule has 2 aromatic rings. The predicted octanol–water partition coefficient (Wildman–Crippen LogP) is 1.48. The fourth-order valence-corrected chi connectivity index (χ4v) is 2.13. The fraction of sp³-hybridized carbons (Fsp3) is 0.0769. The van der Waals surface area contributed by atoms with E-state index >= 15 is 0 Å². The minimum Gasteiger partial charge on any atom is -0.503 e. The average Bonchev–Trinajstić information content (AvgIpc) is 2.89. The zero-order valence-corrected chi connectivity index (χ0v) is 10.8. The Kier molecular flexibility index (Phi) is 2.96. The van der Waals surface area contributed by atoms with E-state index in [0.717, 1.165) is 10.6 Å². The van der Waals surface area contributed by atoms with Gasteiger partial charge >= 0.3 is 0 Å². The van der Waals surface area contributed by atoms with Crippen LogP contribution in [0.1, 0.15) is 0 Å². The van der Waals surface area contributed by atoms with Crippen LogP contribution < -0.4 is 11.0 Å². The van der Waals surface area contributed by atoms with E-state index in [1.54, 1.807) is 0 Å². The van der Waals surface area contributed by atoms with Gasteiger partial charge in [0.25, 0.3) is 5.56 Å². The van der Waals surface area contributed by atoms with Gasteiger partial charge in [0, 0.05) is 22.6 Å². The van der Waals surface area contributed by atoms with Gasteiger partial charge in [-0.25, -0.2) is 4.57 Å². The van der Waals surface area contributed by atoms with Gasteiger partial charge < -0.3 is 9.99 Å². The first kappa shape index (κ1) is 12.7. The van der Waals surface area contributed by atoms with Crippen molar-refractivity contribution in [1.82, 2.24) is 4.57 Å². The van der Waals surface area contributed by atoms with E-state index in [1.807, 2.05) is 0 Å². The second kappa shape index (κ2) is 4.66. The van der Waals surface area contributed by atoms with Crippen LogP contribution in [0.15, 0.2) is 39.9 Å². The van der Waals surface area contributed by atoms with Crippen molar-refractivity contribution in [2.75, 3.05) is 6.61 Å². The topological polar surface area (TPSA) is 77.8 Å². The van der Waals surface area contributed by atoms with E-state index in [2.05, 4.69) is 0 Å². The Bertz CT molecular complexity index is 856. The Morgan fingerprint density at radius 2 is 2.05 bits per heavy atom. The van der Waals surface area contributed by atoms with E-state index in [1.165, 1.54) is 24.3 Å². The number of nitrogens with zero attached hydrogens (tertiary/aromatic N) is 1. The molecule has 0 saturated carbocycles. The van der Waals surface area contributed by atoms with Crippen molar-refractivity contribution in [3.63, 3.8) is 0 Å². The zero-order valence-electron chi connectivity index (χ0n) is 10.00. The highest BCUT2D eigenvalue weighted by atomic mass is 35.5. The molecule has 1 aromatic heterocycles. The first-order chi connectivity index (χ1) is 9.58. The smallest absolute Gasteiger partial charge is 0.300 e. The zero-order chi connectivity index (χ0) is 14.3. The lowest BCUT2D eigenvalue weighted by molar-refractivity contribution is -0.213. The molecule has 0 fully saturated rings. The molecule has 0 unspecified atom stereocenters. The van der Waals surface area contributed by atoms with Gasteiger partial charge in [-0.2, -0.15) is 4.89 Å². The summed E-state index contributed by atoms with van der Waals surface area (Å²) in [6, 6.07) is 5.32. The van der Waals surface area contributed by atoms with Gasteiger partial charge in [0.2, 0.25) is 5.88 Å². The van der Waals surface area contributed by atoms with Gasteiger partial charge in [0.15, 0.2) is 11.2 Å². The lowest BCUT2D eigenvalue weighted by Crippen LogP contribution is -2.17. The Balaban J connectivity index is 2.57. The van der Waals surface area contributed by atoms with Gasteiger partial charge in [-0.1, -0.05) is 11.6 Å². The van der Waals surface area contributed by atoms with Gasteiger partial charge in [-0.15, -0.1) is 0 Å². The summed E-state index contributed by atoms with van der Waals surface area (Å²) in [6.45, 7) is 0.160. The van der Waals surface area contributed by atoms with E-state index in [-0.39, 0.29) is 23.4 Å². The number of benzene rings is 1. The van der Waals surface area contributed by atoms with Crippen LogP contribution in [0.5, 0.6) is 5.75 Å². The van der Waals surface area contributed by atoms with Crippen molar-refractivity contribution in [3.05, 3.63) is 55.9 Å². The number of aromatic nitrogens is 1. The monoisotopic (exact) mass is 293 g/mol. The number of hydrogen-bond donors (Lipinski definition) is 1. The molecule has 0 bridgehead atoms. The highest BCUT2D eigenvalue weighted by Crippen LogP contribution is 2.21. The van der Waals surface area contributed by atoms with E-state index in [4.69, 9.17) is 21.4 Å². The number of hydrogen-bond acceptors (Lipinski definition) is 5. The molecule has 0 radical (unpaired) electrons. The molecule has 0 spiro atoms. The fourth-order valence-electron chi connectivity index (χ4n) is 1.97. The molecule has 2 heterocycles. The number of rotatable bonds is 1. The third kappa shape index (κ3) is 1.95. The Hall–Kier alpha value is -2.31. The van der Waals surface area contributed by atoms with Crippen molar-refractivity contribution in [1.29, 1.82) is 0 Å². The van der Waals surface area contributed by atoms with Crippen LogP contribution in [0, 0.1) is 0 Å². The molecule has 6 nitrogen and oxygen atoms in total. The molecule has 0 atom stereocenters. The minimum atomic E-state index is -0.795. The second-order valence-corrected chi connectivity index (χ2v) is 4.54. The third-order valence-electron chi connectivity index (χ3n) is 2.85. The maximum atomic E-state index is 12.2. The molecule has 0 saturated heterocycles. The largest absolute Gasteiger partial charge is 0.503 e. The summed E-state index contributed by atoms with van der Waals surface area (Å²) in [6.07, 6.45) is 1.51. The van der Waals surface area contributed by atoms with E-state index in [9.17, 15) is 14.7 Å². The molecule has 1 aliphatic rings. The normalized spacial score (nSPS) is 14.2. The van der Waals surface area contributed by atoms with Crippen molar-refractivity contribution in [2.24, 2.45) is 0 Å². The molecule has 20 heavy (non-hydrogen) atoms. The molecule has 0 aliphatic carbocycles. The molecular weight excluding hydrogens is 286 g/mol. The van der Waals surface area contributed by atoms with Crippen LogP contribution in [0.2, 0.25) is 5.02 Å². The quantitative estimate of drug-likeness (QED) is 0.806. The van der Waals surface area contributed by atoms with Crippen LogP contribution in [-0.4, -0.2) is 16.3 Å². The Morgan fingerprint density at radius 1 is 1.25 bits per heavy atom. The van der Waals surface area contributed by atoms with E-state index < -0.39 is 16.7 Å².